The number of hydrogen-bond acceptors (Lipinski definition) is 2. The van der Waals surface area contributed by atoms with Gasteiger partial charge in [0.05, 0.1) is 14.9 Å². The second-order valence-electron chi connectivity index (χ2n) is 4.63. The Bertz CT molecular complexity index is 422. The zero-order valence-electron chi connectivity index (χ0n) is 8.89. The first-order valence-electron chi connectivity index (χ1n) is 5.73. The maximum atomic E-state index is 13.5. The Morgan fingerprint density at radius 3 is 3.00 bits per heavy atom. The van der Waals surface area contributed by atoms with Gasteiger partial charge in [0.2, 0.25) is 0 Å². The van der Waals surface area contributed by atoms with E-state index in [2.05, 4.69) is 10.6 Å². The summed E-state index contributed by atoms with van der Waals surface area (Å²) in [6.45, 7) is 1.01. The molecule has 2 unspecified atom stereocenters. The van der Waals surface area contributed by atoms with Crippen LogP contribution < -0.4 is 10.6 Å². The smallest absolute Gasteiger partial charge is 0.138 e. The van der Waals surface area contributed by atoms with Gasteiger partial charge in [-0.05, 0) is 47.4 Å². The summed E-state index contributed by atoms with van der Waals surface area (Å²) in [5, 5.41) is 6.91. The van der Waals surface area contributed by atoms with Gasteiger partial charge < -0.3 is 10.6 Å². The minimum atomic E-state index is -0.134. The number of hydrogen-bond donors (Lipinski definition) is 2. The maximum Gasteiger partial charge on any atom is 0.138 e. The molecule has 1 aromatic carbocycles. The Morgan fingerprint density at radius 1 is 1.25 bits per heavy atom. The number of benzene rings is 1. The molecule has 0 aromatic heterocycles. The minimum absolute atomic E-state index is 0.134. The molecule has 1 heterocycles. The lowest BCUT2D eigenvalue weighted by Gasteiger charge is -2.17. The van der Waals surface area contributed by atoms with Gasteiger partial charge in [-0.25, -0.2) is 4.39 Å². The highest BCUT2D eigenvalue weighted by molar-refractivity contribution is 14.1. The van der Waals surface area contributed by atoms with Crippen LogP contribution >= 0.6 is 22.6 Å². The van der Waals surface area contributed by atoms with Gasteiger partial charge in [-0.3, -0.25) is 0 Å². The molecule has 1 saturated carbocycles. The summed E-state index contributed by atoms with van der Waals surface area (Å²) in [5.41, 5.74) is 1.97. The number of rotatable bonds is 0. The van der Waals surface area contributed by atoms with Crippen LogP contribution in [0.15, 0.2) is 12.1 Å². The van der Waals surface area contributed by atoms with Crippen molar-refractivity contribution in [3.05, 3.63) is 21.5 Å². The Hall–Kier alpha value is -0.520. The third kappa shape index (κ3) is 1.77. The number of fused-ring (bicyclic) bond motifs is 2. The van der Waals surface area contributed by atoms with E-state index in [1.807, 2.05) is 28.7 Å². The SMILES string of the molecule is Fc1cc2c(cc1I)NCC1CCCC1N2. The zero-order chi connectivity index (χ0) is 11.1. The maximum absolute atomic E-state index is 13.5. The van der Waals surface area contributed by atoms with Crippen LogP contribution in [0.4, 0.5) is 15.8 Å². The Balaban J connectivity index is 1.97. The van der Waals surface area contributed by atoms with Crippen LogP contribution in [0.1, 0.15) is 19.3 Å². The standard InChI is InChI=1S/C12H14FIN2/c13-8-4-12-11(5-9(8)14)15-6-7-2-1-3-10(7)16-12/h4-5,7,10,15-16H,1-3,6H2. The molecule has 0 amide bonds. The minimum Gasteiger partial charge on any atom is -0.383 e. The fraction of sp³-hybridized carbons (Fsp3) is 0.500. The molecule has 2 aliphatic rings. The van der Waals surface area contributed by atoms with Crippen molar-refractivity contribution < 1.29 is 4.39 Å². The van der Waals surface area contributed by atoms with E-state index in [1.54, 1.807) is 6.07 Å². The summed E-state index contributed by atoms with van der Waals surface area (Å²) in [6.07, 6.45) is 3.77. The fourth-order valence-electron chi connectivity index (χ4n) is 2.72. The van der Waals surface area contributed by atoms with Crippen molar-refractivity contribution in [2.45, 2.75) is 25.3 Å². The van der Waals surface area contributed by atoms with Crippen LogP contribution in [-0.4, -0.2) is 12.6 Å². The molecule has 0 radical (unpaired) electrons. The molecule has 2 nitrogen and oxygen atoms in total. The molecule has 1 fully saturated rings. The predicted octanol–water partition coefficient (Wildman–Crippen LogP) is 3.44. The van der Waals surface area contributed by atoms with Crippen molar-refractivity contribution in [3.8, 4) is 0 Å². The Morgan fingerprint density at radius 2 is 2.12 bits per heavy atom. The lowest BCUT2D eigenvalue weighted by molar-refractivity contribution is 0.537. The van der Waals surface area contributed by atoms with Crippen LogP contribution in [0.25, 0.3) is 0 Å². The van der Waals surface area contributed by atoms with Gasteiger partial charge in [0.1, 0.15) is 5.82 Å². The lowest BCUT2D eigenvalue weighted by Crippen LogP contribution is -2.25. The fourth-order valence-corrected chi connectivity index (χ4v) is 3.19. The molecule has 1 aliphatic heterocycles. The van der Waals surface area contributed by atoms with Crippen molar-refractivity contribution in [2.75, 3.05) is 17.2 Å². The third-order valence-electron chi connectivity index (χ3n) is 3.62. The summed E-state index contributed by atoms with van der Waals surface area (Å²) in [7, 11) is 0. The van der Waals surface area contributed by atoms with Gasteiger partial charge in [-0.2, -0.15) is 0 Å². The van der Waals surface area contributed by atoms with Crippen molar-refractivity contribution in [3.63, 3.8) is 0 Å². The molecular formula is C12H14FIN2. The second-order valence-corrected chi connectivity index (χ2v) is 5.80. The highest BCUT2D eigenvalue weighted by atomic mass is 127. The number of nitrogens with one attached hydrogen (secondary N) is 2. The average molecular weight is 332 g/mol. The van der Waals surface area contributed by atoms with E-state index in [1.165, 1.54) is 19.3 Å². The first-order valence-corrected chi connectivity index (χ1v) is 6.81. The van der Waals surface area contributed by atoms with Gasteiger partial charge in [-0.1, -0.05) is 6.42 Å². The summed E-state index contributed by atoms with van der Waals surface area (Å²) < 4.78 is 14.2. The predicted molar refractivity (Wildman–Crippen MR) is 72.4 cm³/mol. The zero-order valence-corrected chi connectivity index (χ0v) is 11.1. The first kappa shape index (κ1) is 10.6. The Labute approximate surface area is 108 Å². The lowest BCUT2D eigenvalue weighted by atomic mass is 10.0. The van der Waals surface area contributed by atoms with E-state index in [4.69, 9.17) is 0 Å². The van der Waals surface area contributed by atoms with Gasteiger partial charge in [0, 0.05) is 18.7 Å². The quantitative estimate of drug-likeness (QED) is 0.712. The molecule has 0 bridgehead atoms. The van der Waals surface area contributed by atoms with Crippen molar-refractivity contribution >= 4 is 34.0 Å². The van der Waals surface area contributed by atoms with Crippen LogP contribution in [0, 0.1) is 15.3 Å². The molecule has 86 valence electrons. The van der Waals surface area contributed by atoms with E-state index in [0.717, 1.165) is 17.9 Å². The van der Waals surface area contributed by atoms with E-state index < -0.39 is 0 Å². The van der Waals surface area contributed by atoms with Crippen LogP contribution in [0.2, 0.25) is 0 Å². The number of anilines is 2. The topological polar surface area (TPSA) is 24.1 Å². The molecule has 3 rings (SSSR count). The van der Waals surface area contributed by atoms with Gasteiger partial charge >= 0.3 is 0 Å². The van der Waals surface area contributed by atoms with E-state index in [-0.39, 0.29) is 5.82 Å². The molecule has 1 aliphatic carbocycles. The highest BCUT2D eigenvalue weighted by Gasteiger charge is 2.30. The van der Waals surface area contributed by atoms with Crippen molar-refractivity contribution in [2.24, 2.45) is 5.92 Å². The molecule has 1 aromatic rings. The normalized spacial score (nSPS) is 27.4. The second kappa shape index (κ2) is 4.05. The van der Waals surface area contributed by atoms with Crippen LogP contribution in [0.5, 0.6) is 0 Å². The van der Waals surface area contributed by atoms with Crippen LogP contribution in [0.3, 0.4) is 0 Å². The largest absolute Gasteiger partial charge is 0.383 e. The highest BCUT2D eigenvalue weighted by Crippen LogP contribution is 2.36. The van der Waals surface area contributed by atoms with Crippen molar-refractivity contribution in [1.29, 1.82) is 0 Å². The van der Waals surface area contributed by atoms with E-state index in [9.17, 15) is 4.39 Å². The summed E-state index contributed by atoms with van der Waals surface area (Å²) >= 11 is 2.03. The summed E-state index contributed by atoms with van der Waals surface area (Å²) in [6, 6.07) is 4.03. The van der Waals surface area contributed by atoms with E-state index in [0.29, 0.717) is 15.5 Å². The molecule has 0 spiro atoms. The molecule has 2 atom stereocenters. The monoisotopic (exact) mass is 332 g/mol. The third-order valence-corrected chi connectivity index (χ3v) is 4.44. The van der Waals surface area contributed by atoms with Gasteiger partial charge in [0.25, 0.3) is 0 Å². The van der Waals surface area contributed by atoms with Gasteiger partial charge in [-0.15, -0.1) is 0 Å². The Kier molecular flexibility index (Phi) is 2.69. The summed E-state index contributed by atoms with van der Waals surface area (Å²) in [5.74, 6) is 0.554. The number of halogens is 2. The van der Waals surface area contributed by atoms with Crippen LogP contribution in [-0.2, 0) is 0 Å². The molecule has 0 saturated heterocycles. The first-order chi connectivity index (χ1) is 7.74. The average Bonchev–Trinajstić information content (AvgIpc) is 2.63. The van der Waals surface area contributed by atoms with E-state index >= 15 is 0 Å². The molecule has 2 N–H and O–H groups in total. The molecular weight excluding hydrogens is 318 g/mol. The molecule has 4 heteroatoms. The van der Waals surface area contributed by atoms with Gasteiger partial charge in [0.15, 0.2) is 0 Å². The molecule has 16 heavy (non-hydrogen) atoms. The van der Waals surface area contributed by atoms with Crippen molar-refractivity contribution in [1.82, 2.24) is 0 Å². The summed E-state index contributed by atoms with van der Waals surface area (Å²) in [4.78, 5) is 0.